The first-order chi connectivity index (χ1) is 13.0. The van der Waals surface area contributed by atoms with Crippen molar-refractivity contribution in [1.82, 2.24) is 19.8 Å². The van der Waals surface area contributed by atoms with Gasteiger partial charge in [0.1, 0.15) is 16.8 Å². The Bertz CT molecular complexity index is 797. The summed E-state index contributed by atoms with van der Waals surface area (Å²) in [5, 5.41) is 2.63. The van der Waals surface area contributed by atoms with E-state index in [1.807, 2.05) is 10.3 Å². The van der Waals surface area contributed by atoms with Crippen LogP contribution in [0.2, 0.25) is 0 Å². The molecule has 4 rings (SSSR count). The Balaban J connectivity index is 1.59. The third kappa shape index (κ3) is 3.09. The number of amides is 3. The molecule has 8 nitrogen and oxygen atoms in total. The molecular weight excluding hydrogens is 366 g/mol. The molecule has 0 N–H and O–H groups in total. The molecule has 2 fully saturated rings. The van der Waals surface area contributed by atoms with Crippen LogP contribution in [0.25, 0.3) is 0 Å². The first-order valence-electron chi connectivity index (χ1n) is 9.17. The highest BCUT2D eigenvalue weighted by Gasteiger charge is 2.58. The van der Waals surface area contributed by atoms with Crippen molar-refractivity contribution >= 4 is 29.3 Å². The third-order valence-corrected chi connectivity index (χ3v) is 5.99. The molecule has 9 heteroatoms. The fraction of sp³-hybridized carbons (Fsp3) is 0.556. The van der Waals surface area contributed by atoms with E-state index < -0.39 is 5.54 Å². The van der Waals surface area contributed by atoms with Gasteiger partial charge in [-0.2, -0.15) is 0 Å². The molecule has 1 spiro atoms. The van der Waals surface area contributed by atoms with Crippen molar-refractivity contribution in [3.05, 3.63) is 29.0 Å². The Labute approximate surface area is 161 Å². The second-order valence-corrected chi connectivity index (χ2v) is 8.42. The topological polar surface area (TPSA) is 82.8 Å². The quantitative estimate of drug-likeness (QED) is 0.731. The highest BCUT2D eigenvalue weighted by molar-refractivity contribution is 7.09. The van der Waals surface area contributed by atoms with Crippen LogP contribution in [-0.2, 0) is 11.3 Å². The van der Waals surface area contributed by atoms with Gasteiger partial charge in [-0.05, 0) is 18.8 Å². The number of rotatable bonds is 5. The number of anilines is 1. The average molecular weight is 389 g/mol. The van der Waals surface area contributed by atoms with E-state index in [9.17, 15) is 9.59 Å². The van der Waals surface area contributed by atoms with Crippen LogP contribution in [0.5, 0.6) is 0 Å². The summed E-state index contributed by atoms with van der Waals surface area (Å²) in [6.45, 7) is 6.19. The van der Waals surface area contributed by atoms with Crippen LogP contribution < -0.4 is 4.90 Å². The van der Waals surface area contributed by atoms with Gasteiger partial charge in [0.05, 0.1) is 12.7 Å². The van der Waals surface area contributed by atoms with Gasteiger partial charge in [-0.3, -0.25) is 9.69 Å². The van der Waals surface area contributed by atoms with Gasteiger partial charge in [-0.15, -0.1) is 11.3 Å². The van der Waals surface area contributed by atoms with E-state index in [1.54, 1.807) is 23.6 Å². The van der Waals surface area contributed by atoms with Gasteiger partial charge in [0.25, 0.3) is 11.9 Å². The number of carbonyl (C=O) groups is 2. The van der Waals surface area contributed by atoms with Crippen molar-refractivity contribution < 1.29 is 14.0 Å². The molecule has 0 atom stereocenters. The molecule has 3 amide bonds. The lowest BCUT2D eigenvalue weighted by atomic mass is 9.85. The molecule has 0 aromatic carbocycles. The van der Waals surface area contributed by atoms with Crippen LogP contribution in [0.15, 0.2) is 28.5 Å². The monoisotopic (exact) mass is 389 g/mol. The molecule has 0 bridgehead atoms. The van der Waals surface area contributed by atoms with Crippen LogP contribution in [-0.4, -0.2) is 56.9 Å². The zero-order valence-corrected chi connectivity index (χ0v) is 16.3. The summed E-state index contributed by atoms with van der Waals surface area (Å²) < 4.78 is 5.39. The fourth-order valence-electron chi connectivity index (χ4n) is 3.93. The summed E-state index contributed by atoms with van der Waals surface area (Å²) in [7, 11) is 0. The van der Waals surface area contributed by atoms with Gasteiger partial charge in [0.2, 0.25) is 0 Å². The lowest BCUT2D eigenvalue weighted by Gasteiger charge is -2.42. The standard InChI is InChI=1S/C18H23N5O3S/c1-13(2)11-23-17(25)22(12-14-19-6-10-27-14)15(24)18(23)3-7-21(8-4-18)16-20-5-9-26-16/h5-6,9-10,13H,3-4,7-8,11-12H2,1-2H3. The molecule has 2 aliphatic rings. The zero-order valence-electron chi connectivity index (χ0n) is 15.5. The largest absolute Gasteiger partial charge is 0.432 e. The number of piperidine rings is 1. The number of nitrogens with zero attached hydrogens (tertiary/aromatic N) is 5. The average Bonchev–Trinajstić information content (AvgIpc) is 3.39. The molecule has 0 aliphatic carbocycles. The summed E-state index contributed by atoms with van der Waals surface area (Å²) in [4.78, 5) is 40.1. The Morgan fingerprint density at radius 1 is 1.22 bits per heavy atom. The van der Waals surface area contributed by atoms with Gasteiger partial charge in [0.15, 0.2) is 0 Å². The predicted octanol–water partition coefficient (Wildman–Crippen LogP) is 2.59. The number of oxazole rings is 1. The summed E-state index contributed by atoms with van der Waals surface area (Å²) in [6, 6.07) is 0.366. The number of aromatic nitrogens is 2. The normalized spacial score (nSPS) is 19.7. The minimum Gasteiger partial charge on any atom is -0.432 e. The summed E-state index contributed by atoms with van der Waals surface area (Å²) in [6.07, 6.45) is 6.00. The maximum Gasteiger partial charge on any atom is 0.328 e. The predicted molar refractivity (Wildman–Crippen MR) is 100 cm³/mol. The van der Waals surface area contributed by atoms with E-state index in [0.717, 1.165) is 5.01 Å². The molecule has 2 aliphatic heterocycles. The van der Waals surface area contributed by atoms with Gasteiger partial charge in [0, 0.05) is 31.2 Å². The first kappa shape index (κ1) is 18.0. The summed E-state index contributed by atoms with van der Waals surface area (Å²) in [5.74, 6) is 0.179. The number of imide groups is 1. The highest BCUT2D eigenvalue weighted by atomic mass is 32.1. The van der Waals surface area contributed by atoms with Crippen molar-refractivity contribution in [2.75, 3.05) is 24.5 Å². The van der Waals surface area contributed by atoms with Gasteiger partial charge >= 0.3 is 6.03 Å². The van der Waals surface area contributed by atoms with Crippen molar-refractivity contribution in [3.63, 3.8) is 0 Å². The second-order valence-electron chi connectivity index (χ2n) is 7.44. The number of hydrogen-bond acceptors (Lipinski definition) is 7. The van der Waals surface area contributed by atoms with Crippen molar-refractivity contribution in [1.29, 1.82) is 0 Å². The second kappa shape index (κ2) is 6.95. The maximum atomic E-state index is 13.4. The first-order valence-corrected chi connectivity index (χ1v) is 10.1. The summed E-state index contributed by atoms with van der Waals surface area (Å²) >= 11 is 1.46. The molecular formula is C18H23N5O3S. The highest BCUT2D eigenvalue weighted by Crippen LogP contribution is 2.39. The van der Waals surface area contributed by atoms with E-state index in [1.165, 1.54) is 16.2 Å². The minimum atomic E-state index is -0.776. The molecule has 2 aromatic heterocycles. The van der Waals surface area contributed by atoms with E-state index in [4.69, 9.17) is 4.42 Å². The van der Waals surface area contributed by atoms with Crippen LogP contribution >= 0.6 is 11.3 Å². The van der Waals surface area contributed by atoms with Crippen molar-refractivity contribution in [3.8, 4) is 0 Å². The van der Waals surface area contributed by atoms with Crippen LogP contribution in [0.3, 0.4) is 0 Å². The SMILES string of the molecule is CC(C)CN1C(=O)N(Cc2nccs2)C(=O)C12CCN(c1ncco1)CC2. The van der Waals surface area contributed by atoms with E-state index in [2.05, 4.69) is 23.8 Å². The molecule has 2 saturated heterocycles. The molecule has 0 radical (unpaired) electrons. The van der Waals surface area contributed by atoms with Crippen molar-refractivity contribution in [2.45, 2.75) is 38.8 Å². The fourth-order valence-corrected chi connectivity index (χ4v) is 4.53. The van der Waals surface area contributed by atoms with Crippen molar-refractivity contribution in [2.24, 2.45) is 5.92 Å². The molecule has 4 heterocycles. The third-order valence-electron chi connectivity index (χ3n) is 5.23. The van der Waals surface area contributed by atoms with Crippen LogP contribution in [0.1, 0.15) is 31.7 Å². The van der Waals surface area contributed by atoms with E-state index in [-0.39, 0.29) is 24.4 Å². The van der Waals surface area contributed by atoms with E-state index >= 15 is 0 Å². The molecule has 0 unspecified atom stereocenters. The maximum absolute atomic E-state index is 13.4. The van der Waals surface area contributed by atoms with Crippen LogP contribution in [0, 0.1) is 5.92 Å². The number of carbonyl (C=O) groups excluding carboxylic acids is 2. The smallest absolute Gasteiger partial charge is 0.328 e. The van der Waals surface area contributed by atoms with E-state index in [0.29, 0.717) is 38.5 Å². The Morgan fingerprint density at radius 2 is 2.00 bits per heavy atom. The van der Waals surface area contributed by atoms with Gasteiger partial charge in [-0.25, -0.2) is 14.8 Å². The number of urea groups is 1. The molecule has 144 valence electrons. The lowest BCUT2D eigenvalue weighted by Crippen LogP contribution is -2.57. The summed E-state index contributed by atoms with van der Waals surface area (Å²) in [5.41, 5.74) is -0.776. The lowest BCUT2D eigenvalue weighted by molar-refractivity contribution is -0.134. The van der Waals surface area contributed by atoms with Crippen LogP contribution in [0.4, 0.5) is 10.8 Å². The Morgan fingerprint density at radius 3 is 2.59 bits per heavy atom. The Hall–Kier alpha value is -2.42. The molecule has 27 heavy (non-hydrogen) atoms. The Kier molecular flexibility index (Phi) is 4.63. The number of hydrogen-bond donors (Lipinski definition) is 0. The van der Waals surface area contributed by atoms with Gasteiger partial charge < -0.3 is 14.2 Å². The number of thiazole rings is 1. The van der Waals surface area contributed by atoms with Gasteiger partial charge in [-0.1, -0.05) is 13.8 Å². The zero-order chi connectivity index (χ0) is 19.0. The molecule has 0 saturated carbocycles. The molecule has 2 aromatic rings. The minimum absolute atomic E-state index is 0.101.